The van der Waals surface area contributed by atoms with Crippen LogP contribution in [-0.4, -0.2) is 90.2 Å². The van der Waals surface area contributed by atoms with Crippen molar-refractivity contribution in [3.63, 3.8) is 0 Å². The summed E-state index contributed by atoms with van der Waals surface area (Å²) in [6, 6.07) is -0.0530. The molecule has 2 heterocycles. The van der Waals surface area contributed by atoms with Crippen molar-refractivity contribution >= 4 is 5.91 Å². The molecule has 8 nitrogen and oxygen atoms in total. The molecule has 22 heavy (non-hydrogen) atoms. The molecular weight excluding hydrogens is 288 g/mol. The molecule has 1 atom stereocenters. The number of aromatic nitrogens is 2. The normalized spacial score (nSPS) is 18.8. The highest BCUT2D eigenvalue weighted by Crippen LogP contribution is 2.20. The van der Waals surface area contributed by atoms with Gasteiger partial charge in [-0.15, -0.1) is 5.10 Å². The van der Waals surface area contributed by atoms with Gasteiger partial charge in [0, 0.05) is 32.9 Å². The fourth-order valence-electron chi connectivity index (χ4n) is 2.62. The van der Waals surface area contributed by atoms with Gasteiger partial charge in [0.2, 0.25) is 5.88 Å². The monoisotopic (exact) mass is 312 g/mol. The predicted molar refractivity (Wildman–Crippen MR) is 80.0 cm³/mol. The number of carbonyl (C=O) groups excluding carboxylic acids is 1. The number of aliphatic hydroxyl groups is 1. The highest BCUT2D eigenvalue weighted by molar-refractivity contribution is 5.96. The SMILES string of the molecule is COc1nn(C)cc1C(=O)N1CCOC[C@@H]1CN(C)CCO. The summed E-state index contributed by atoms with van der Waals surface area (Å²) < 4.78 is 12.3. The maximum absolute atomic E-state index is 12.8. The summed E-state index contributed by atoms with van der Waals surface area (Å²) in [6.07, 6.45) is 1.67. The van der Waals surface area contributed by atoms with E-state index < -0.39 is 0 Å². The highest BCUT2D eigenvalue weighted by Gasteiger charge is 2.31. The van der Waals surface area contributed by atoms with E-state index in [1.807, 2.05) is 11.9 Å². The first-order valence-corrected chi connectivity index (χ1v) is 7.32. The number of rotatable bonds is 6. The van der Waals surface area contributed by atoms with Crippen LogP contribution in [0.4, 0.5) is 0 Å². The van der Waals surface area contributed by atoms with Crippen LogP contribution in [0.25, 0.3) is 0 Å². The van der Waals surface area contributed by atoms with Gasteiger partial charge in [0.15, 0.2) is 0 Å². The fourth-order valence-corrected chi connectivity index (χ4v) is 2.62. The molecule has 1 aromatic rings. The van der Waals surface area contributed by atoms with Crippen LogP contribution in [0, 0.1) is 0 Å². The molecule has 0 aromatic carbocycles. The third-order valence-corrected chi connectivity index (χ3v) is 3.71. The van der Waals surface area contributed by atoms with Crippen LogP contribution in [0.3, 0.4) is 0 Å². The summed E-state index contributed by atoms with van der Waals surface area (Å²) in [7, 11) is 5.17. The second-order valence-electron chi connectivity index (χ2n) is 5.44. The van der Waals surface area contributed by atoms with Crippen LogP contribution in [0.5, 0.6) is 5.88 Å². The van der Waals surface area contributed by atoms with Gasteiger partial charge in [-0.2, -0.15) is 0 Å². The van der Waals surface area contributed by atoms with E-state index in [1.54, 1.807) is 22.8 Å². The lowest BCUT2D eigenvalue weighted by Gasteiger charge is -2.37. The summed E-state index contributed by atoms with van der Waals surface area (Å²) in [6.45, 7) is 2.85. The molecule has 1 fully saturated rings. The molecule has 0 bridgehead atoms. The number of hydrogen-bond acceptors (Lipinski definition) is 6. The first-order valence-electron chi connectivity index (χ1n) is 7.32. The van der Waals surface area contributed by atoms with Crippen molar-refractivity contribution < 1.29 is 19.4 Å². The van der Waals surface area contributed by atoms with Crippen molar-refractivity contribution in [1.29, 1.82) is 0 Å². The van der Waals surface area contributed by atoms with Crippen LogP contribution in [0.15, 0.2) is 6.20 Å². The Morgan fingerprint density at radius 2 is 2.41 bits per heavy atom. The second-order valence-corrected chi connectivity index (χ2v) is 5.44. The van der Waals surface area contributed by atoms with Crippen LogP contribution in [0.1, 0.15) is 10.4 Å². The van der Waals surface area contributed by atoms with E-state index in [4.69, 9.17) is 14.6 Å². The lowest BCUT2D eigenvalue weighted by molar-refractivity contribution is -0.0110. The largest absolute Gasteiger partial charge is 0.479 e. The van der Waals surface area contributed by atoms with E-state index in [-0.39, 0.29) is 18.6 Å². The number of carbonyl (C=O) groups is 1. The van der Waals surface area contributed by atoms with Crippen molar-refractivity contribution in [2.75, 3.05) is 53.6 Å². The van der Waals surface area contributed by atoms with Crippen molar-refractivity contribution in [3.8, 4) is 5.88 Å². The van der Waals surface area contributed by atoms with Gasteiger partial charge in [-0.3, -0.25) is 9.48 Å². The lowest BCUT2D eigenvalue weighted by atomic mass is 10.1. The summed E-state index contributed by atoms with van der Waals surface area (Å²) in [4.78, 5) is 16.6. The minimum absolute atomic E-state index is 0.0530. The van der Waals surface area contributed by atoms with E-state index in [9.17, 15) is 4.79 Å². The number of aryl methyl sites for hydroxylation is 1. The Morgan fingerprint density at radius 3 is 3.09 bits per heavy atom. The maximum Gasteiger partial charge on any atom is 0.261 e. The number of nitrogens with zero attached hydrogens (tertiary/aromatic N) is 4. The summed E-state index contributed by atoms with van der Waals surface area (Å²) in [5.41, 5.74) is 0.460. The van der Waals surface area contributed by atoms with Crippen LogP contribution >= 0.6 is 0 Å². The Labute approximate surface area is 130 Å². The molecule has 2 rings (SSSR count). The van der Waals surface area contributed by atoms with Gasteiger partial charge in [-0.25, -0.2) is 0 Å². The zero-order chi connectivity index (χ0) is 16.1. The Hall–Kier alpha value is -1.64. The van der Waals surface area contributed by atoms with E-state index >= 15 is 0 Å². The fraction of sp³-hybridized carbons (Fsp3) is 0.714. The predicted octanol–water partition coefficient (Wildman–Crippen LogP) is -0.806. The Kier molecular flexibility index (Phi) is 5.76. The first kappa shape index (κ1) is 16.7. The Bertz CT molecular complexity index is 505. The molecule has 0 saturated carbocycles. The molecule has 0 radical (unpaired) electrons. The van der Waals surface area contributed by atoms with Gasteiger partial charge in [-0.1, -0.05) is 0 Å². The van der Waals surface area contributed by atoms with Crippen LogP contribution in [-0.2, 0) is 11.8 Å². The van der Waals surface area contributed by atoms with E-state index in [2.05, 4.69) is 5.10 Å². The molecule has 0 spiro atoms. The third-order valence-electron chi connectivity index (χ3n) is 3.71. The average Bonchev–Trinajstić information content (AvgIpc) is 2.88. The quantitative estimate of drug-likeness (QED) is 0.740. The molecule has 1 aliphatic heterocycles. The molecule has 0 aliphatic carbocycles. The van der Waals surface area contributed by atoms with Gasteiger partial charge in [0.05, 0.1) is 33.0 Å². The van der Waals surface area contributed by atoms with E-state index in [0.717, 1.165) is 0 Å². The van der Waals surface area contributed by atoms with Crippen molar-refractivity contribution in [2.45, 2.75) is 6.04 Å². The first-order chi connectivity index (χ1) is 10.6. The maximum atomic E-state index is 12.8. The molecular formula is C14H24N4O4. The second kappa shape index (κ2) is 7.57. The van der Waals surface area contributed by atoms with Gasteiger partial charge >= 0.3 is 0 Å². The number of methoxy groups -OCH3 is 1. The molecule has 124 valence electrons. The molecule has 8 heteroatoms. The zero-order valence-corrected chi connectivity index (χ0v) is 13.4. The molecule has 1 aliphatic rings. The minimum atomic E-state index is -0.101. The summed E-state index contributed by atoms with van der Waals surface area (Å²) in [5, 5.41) is 13.1. The van der Waals surface area contributed by atoms with Crippen molar-refractivity contribution in [3.05, 3.63) is 11.8 Å². The number of aliphatic hydroxyl groups excluding tert-OH is 1. The highest BCUT2D eigenvalue weighted by atomic mass is 16.5. The average molecular weight is 312 g/mol. The third kappa shape index (κ3) is 3.76. The van der Waals surface area contributed by atoms with Gasteiger partial charge in [0.25, 0.3) is 5.91 Å². The smallest absolute Gasteiger partial charge is 0.261 e. The van der Waals surface area contributed by atoms with E-state index in [1.165, 1.54) is 7.11 Å². The van der Waals surface area contributed by atoms with Gasteiger partial charge < -0.3 is 24.4 Å². The number of morpholine rings is 1. The summed E-state index contributed by atoms with van der Waals surface area (Å²) in [5.74, 6) is 0.233. The number of likely N-dealkylation sites (N-methyl/N-ethyl adjacent to an activating group) is 1. The van der Waals surface area contributed by atoms with Gasteiger partial charge in [-0.05, 0) is 7.05 Å². The molecule has 1 aromatic heterocycles. The van der Waals surface area contributed by atoms with Crippen molar-refractivity contribution in [1.82, 2.24) is 19.6 Å². The zero-order valence-electron chi connectivity index (χ0n) is 13.4. The van der Waals surface area contributed by atoms with E-state index in [0.29, 0.717) is 44.3 Å². The van der Waals surface area contributed by atoms with Gasteiger partial charge in [0.1, 0.15) is 5.56 Å². The summed E-state index contributed by atoms with van der Waals surface area (Å²) >= 11 is 0. The Morgan fingerprint density at radius 1 is 1.64 bits per heavy atom. The topological polar surface area (TPSA) is 80.1 Å². The molecule has 1 N–H and O–H groups in total. The number of ether oxygens (including phenoxy) is 2. The lowest BCUT2D eigenvalue weighted by Crippen LogP contribution is -2.53. The molecule has 0 unspecified atom stereocenters. The standard InChI is InChI=1S/C14H24N4O4/c1-16(4-6-19)8-11-10-22-7-5-18(11)14(20)12-9-17(2)15-13(12)21-3/h9,11,19H,4-8,10H2,1-3H3/t11-/m0/s1. The van der Waals surface area contributed by atoms with Crippen LogP contribution < -0.4 is 4.74 Å². The van der Waals surface area contributed by atoms with Crippen LogP contribution in [0.2, 0.25) is 0 Å². The number of hydrogen-bond donors (Lipinski definition) is 1. The minimum Gasteiger partial charge on any atom is -0.479 e. The molecule has 1 amide bonds. The number of amides is 1. The van der Waals surface area contributed by atoms with Crippen molar-refractivity contribution in [2.24, 2.45) is 7.05 Å². The Balaban J connectivity index is 2.14. The molecule has 1 saturated heterocycles.